The third kappa shape index (κ3) is 4.71. The first-order valence-electron chi connectivity index (χ1n) is 6.82. The van der Waals surface area contributed by atoms with E-state index in [2.05, 4.69) is 5.32 Å². The highest BCUT2D eigenvalue weighted by Crippen LogP contribution is 2.27. The fourth-order valence-electron chi connectivity index (χ4n) is 2.07. The lowest BCUT2D eigenvalue weighted by Crippen LogP contribution is -2.46. The van der Waals surface area contributed by atoms with Gasteiger partial charge in [0.15, 0.2) is 0 Å². The molecule has 20 heavy (non-hydrogen) atoms. The number of carbonyl (C=O) groups is 3. The number of carbonyl (C=O) groups excluding carboxylic acids is 2. The van der Waals surface area contributed by atoms with Gasteiger partial charge in [-0.15, -0.1) is 0 Å². The molecule has 1 unspecified atom stereocenters. The molecule has 0 aliphatic heterocycles. The summed E-state index contributed by atoms with van der Waals surface area (Å²) in [7, 11) is 3.20. The molecule has 0 saturated heterocycles. The zero-order chi connectivity index (χ0) is 15.3. The van der Waals surface area contributed by atoms with Crippen molar-refractivity contribution in [2.24, 2.45) is 5.92 Å². The molecule has 0 radical (unpaired) electrons. The summed E-state index contributed by atoms with van der Waals surface area (Å²) in [4.78, 5) is 37.5. The summed E-state index contributed by atoms with van der Waals surface area (Å²) in [5.41, 5.74) is 0. The number of hydrogen-bond donors (Lipinski definition) is 2. The lowest BCUT2D eigenvalue weighted by atomic mass is 10.1. The second-order valence-corrected chi connectivity index (χ2v) is 5.25. The second-order valence-electron chi connectivity index (χ2n) is 5.25. The van der Waals surface area contributed by atoms with E-state index >= 15 is 0 Å². The molecule has 1 fully saturated rings. The Hall–Kier alpha value is -1.79. The van der Waals surface area contributed by atoms with Crippen LogP contribution in [0, 0.1) is 5.92 Å². The van der Waals surface area contributed by atoms with Gasteiger partial charge in [-0.2, -0.15) is 0 Å². The Kier molecular flexibility index (Phi) is 5.79. The Morgan fingerprint density at radius 2 is 1.95 bits per heavy atom. The maximum atomic E-state index is 12.3. The first kappa shape index (κ1) is 16.3. The van der Waals surface area contributed by atoms with Gasteiger partial charge in [0.1, 0.15) is 0 Å². The minimum Gasteiger partial charge on any atom is -0.481 e. The van der Waals surface area contributed by atoms with Gasteiger partial charge in [0, 0.05) is 33.2 Å². The molecule has 1 aliphatic carbocycles. The number of rotatable bonds is 7. The number of hydrogen-bond acceptors (Lipinski definition) is 3. The number of nitrogens with zero attached hydrogens (tertiary/aromatic N) is 2. The molecular weight excluding hydrogens is 262 g/mol. The number of amides is 3. The first-order chi connectivity index (χ1) is 9.36. The lowest BCUT2D eigenvalue weighted by molar-refractivity contribution is -0.137. The van der Waals surface area contributed by atoms with Crippen molar-refractivity contribution in [3.8, 4) is 0 Å². The van der Waals surface area contributed by atoms with Gasteiger partial charge in [-0.05, 0) is 12.8 Å². The van der Waals surface area contributed by atoms with Gasteiger partial charge in [-0.25, -0.2) is 4.79 Å². The predicted octanol–water partition coefficient (Wildman–Crippen LogP) is 0.359. The van der Waals surface area contributed by atoms with Crippen LogP contribution in [0.1, 0.15) is 26.2 Å². The van der Waals surface area contributed by atoms with E-state index in [1.165, 1.54) is 4.90 Å². The third-order valence-electron chi connectivity index (χ3n) is 3.37. The Balaban J connectivity index is 2.55. The van der Waals surface area contributed by atoms with Gasteiger partial charge >= 0.3 is 12.0 Å². The van der Waals surface area contributed by atoms with Crippen molar-refractivity contribution in [3.63, 3.8) is 0 Å². The molecule has 1 rings (SSSR count). The maximum absolute atomic E-state index is 12.3. The molecule has 7 nitrogen and oxygen atoms in total. The number of aliphatic carboxylic acids is 1. The van der Waals surface area contributed by atoms with Crippen molar-refractivity contribution in [2.75, 3.05) is 27.2 Å². The van der Waals surface area contributed by atoms with E-state index in [1.54, 1.807) is 25.9 Å². The molecule has 0 aromatic rings. The number of carboxylic acid groups (broad SMARTS) is 1. The molecule has 114 valence electrons. The molecule has 7 heteroatoms. The van der Waals surface area contributed by atoms with Gasteiger partial charge in [0.25, 0.3) is 0 Å². The largest absolute Gasteiger partial charge is 0.481 e. The Labute approximate surface area is 118 Å². The highest BCUT2D eigenvalue weighted by Gasteiger charge is 2.34. The van der Waals surface area contributed by atoms with Crippen LogP contribution in [0.15, 0.2) is 0 Å². The average molecular weight is 285 g/mol. The predicted molar refractivity (Wildman–Crippen MR) is 73.2 cm³/mol. The Bertz CT molecular complexity index is 382. The molecule has 0 aromatic heterocycles. The van der Waals surface area contributed by atoms with Crippen LogP contribution >= 0.6 is 0 Å². The highest BCUT2D eigenvalue weighted by atomic mass is 16.4. The third-order valence-corrected chi connectivity index (χ3v) is 3.37. The van der Waals surface area contributed by atoms with Gasteiger partial charge in [0.2, 0.25) is 5.91 Å². The molecule has 1 saturated carbocycles. The van der Waals surface area contributed by atoms with Gasteiger partial charge in [-0.3, -0.25) is 9.59 Å². The van der Waals surface area contributed by atoms with Crippen molar-refractivity contribution < 1.29 is 19.5 Å². The smallest absolute Gasteiger partial charge is 0.320 e. The second kappa shape index (κ2) is 7.12. The van der Waals surface area contributed by atoms with Crippen LogP contribution in [0.5, 0.6) is 0 Å². The summed E-state index contributed by atoms with van der Waals surface area (Å²) in [6.07, 6.45) is 1.79. The molecule has 0 aromatic carbocycles. The molecule has 0 bridgehead atoms. The van der Waals surface area contributed by atoms with E-state index < -0.39 is 5.97 Å². The molecule has 2 N–H and O–H groups in total. The van der Waals surface area contributed by atoms with E-state index in [-0.39, 0.29) is 36.9 Å². The van der Waals surface area contributed by atoms with E-state index in [0.29, 0.717) is 6.54 Å². The summed E-state index contributed by atoms with van der Waals surface area (Å²) in [5, 5.41) is 11.3. The average Bonchev–Trinajstić information content (AvgIpc) is 3.21. The van der Waals surface area contributed by atoms with Crippen LogP contribution in [0.3, 0.4) is 0 Å². The number of carboxylic acids is 1. The van der Waals surface area contributed by atoms with Crippen LogP contribution in [0.25, 0.3) is 0 Å². The lowest BCUT2D eigenvalue weighted by Gasteiger charge is -2.29. The van der Waals surface area contributed by atoms with Crippen molar-refractivity contribution in [1.29, 1.82) is 0 Å². The topological polar surface area (TPSA) is 90.0 Å². The molecule has 1 aliphatic rings. The molecule has 0 spiro atoms. The highest BCUT2D eigenvalue weighted by molar-refractivity contribution is 5.80. The van der Waals surface area contributed by atoms with Crippen LogP contribution in [0.2, 0.25) is 0 Å². The Morgan fingerprint density at radius 1 is 1.35 bits per heavy atom. The minimum absolute atomic E-state index is 0.0545. The summed E-state index contributed by atoms with van der Waals surface area (Å²) < 4.78 is 0. The maximum Gasteiger partial charge on any atom is 0.320 e. The fraction of sp³-hybridized carbons (Fsp3) is 0.769. The van der Waals surface area contributed by atoms with Crippen LogP contribution < -0.4 is 5.32 Å². The van der Waals surface area contributed by atoms with Crippen molar-refractivity contribution in [1.82, 2.24) is 15.1 Å². The molecule has 0 heterocycles. The monoisotopic (exact) mass is 285 g/mol. The van der Waals surface area contributed by atoms with E-state index in [1.807, 2.05) is 0 Å². The fourth-order valence-corrected chi connectivity index (χ4v) is 2.07. The zero-order valence-corrected chi connectivity index (χ0v) is 12.3. The van der Waals surface area contributed by atoms with Gasteiger partial charge in [-0.1, -0.05) is 6.92 Å². The van der Waals surface area contributed by atoms with E-state index in [0.717, 1.165) is 12.8 Å². The van der Waals surface area contributed by atoms with Crippen LogP contribution in [-0.2, 0) is 9.59 Å². The minimum atomic E-state index is -0.912. The first-order valence-corrected chi connectivity index (χ1v) is 6.82. The van der Waals surface area contributed by atoms with Crippen molar-refractivity contribution >= 4 is 17.9 Å². The normalized spacial score (nSPS) is 15.3. The number of nitrogens with one attached hydrogen (secondary N) is 1. The van der Waals surface area contributed by atoms with Crippen molar-refractivity contribution in [2.45, 2.75) is 32.2 Å². The van der Waals surface area contributed by atoms with E-state index in [9.17, 15) is 14.4 Å². The summed E-state index contributed by atoms with van der Waals surface area (Å²) in [6.45, 7) is 2.29. The zero-order valence-electron chi connectivity index (χ0n) is 12.3. The summed E-state index contributed by atoms with van der Waals surface area (Å²) in [5.74, 6) is -1.33. The quantitative estimate of drug-likeness (QED) is 0.706. The summed E-state index contributed by atoms with van der Waals surface area (Å²) in [6, 6.07) is -0.0517. The van der Waals surface area contributed by atoms with Crippen LogP contribution in [-0.4, -0.2) is 66.0 Å². The van der Waals surface area contributed by atoms with Gasteiger partial charge in [0.05, 0.1) is 12.3 Å². The number of urea groups is 1. The molecule has 3 amide bonds. The SMILES string of the molecule is CNC(=O)C(C)CN(C)C(=O)N(CCC(=O)O)C1CC1. The van der Waals surface area contributed by atoms with Gasteiger partial charge < -0.3 is 20.2 Å². The summed E-state index contributed by atoms with van der Waals surface area (Å²) >= 11 is 0. The molecule has 1 atom stereocenters. The van der Waals surface area contributed by atoms with Crippen molar-refractivity contribution in [3.05, 3.63) is 0 Å². The molecular formula is C13H23N3O4. The van der Waals surface area contributed by atoms with Crippen LogP contribution in [0.4, 0.5) is 4.79 Å². The van der Waals surface area contributed by atoms with E-state index in [4.69, 9.17) is 5.11 Å². The Morgan fingerprint density at radius 3 is 2.40 bits per heavy atom. The standard InChI is InChI=1S/C13H23N3O4/c1-9(12(19)14-2)8-15(3)13(20)16(10-4-5-10)7-6-11(17)18/h9-10H,4-8H2,1-3H3,(H,14,19)(H,17,18).